The fourth-order valence-corrected chi connectivity index (χ4v) is 3.06. The molecule has 0 radical (unpaired) electrons. The summed E-state index contributed by atoms with van der Waals surface area (Å²) in [5, 5.41) is 11.3. The first kappa shape index (κ1) is 14.0. The highest BCUT2D eigenvalue weighted by Gasteiger charge is 2.24. The lowest BCUT2D eigenvalue weighted by Gasteiger charge is -2.32. The topological polar surface area (TPSA) is 63.1 Å². The van der Waals surface area contributed by atoms with Gasteiger partial charge in [0.1, 0.15) is 5.52 Å². The summed E-state index contributed by atoms with van der Waals surface area (Å²) in [6.45, 7) is 2.64. The van der Waals surface area contributed by atoms with Crippen molar-refractivity contribution < 1.29 is 4.79 Å². The predicted octanol–water partition coefficient (Wildman–Crippen LogP) is 1.04. The highest BCUT2D eigenvalue weighted by molar-refractivity contribution is 5.97. The molecule has 1 aliphatic rings. The summed E-state index contributed by atoms with van der Waals surface area (Å²) in [7, 11) is 3.81. The molecule has 112 valence electrons. The first-order valence-electron chi connectivity index (χ1n) is 7.42. The van der Waals surface area contributed by atoms with Crippen LogP contribution >= 0.6 is 0 Å². The molecule has 1 aromatic carbocycles. The largest absolute Gasteiger partial charge is 0.338 e. The summed E-state index contributed by atoms with van der Waals surface area (Å²) in [4.78, 5) is 14.6. The lowest BCUT2D eigenvalue weighted by molar-refractivity contribution is 0.0674. The molecule has 3 rings (SSSR count). The van der Waals surface area contributed by atoms with Crippen molar-refractivity contribution in [3.8, 4) is 0 Å². The van der Waals surface area contributed by atoms with E-state index >= 15 is 0 Å². The number of aromatic nitrogens is 3. The summed E-state index contributed by atoms with van der Waals surface area (Å²) >= 11 is 0. The number of hydrogen-bond donors (Lipinski definition) is 1. The Kier molecular flexibility index (Phi) is 3.88. The van der Waals surface area contributed by atoms with E-state index in [1.54, 1.807) is 4.68 Å². The summed E-state index contributed by atoms with van der Waals surface area (Å²) in [6, 6.07) is 5.62. The highest BCUT2D eigenvalue weighted by atomic mass is 16.2. The van der Waals surface area contributed by atoms with Crippen LogP contribution in [0.5, 0.6) is 0 Å². The second kappa shape index (κ2) is 5.81. The van der Waals surface area contributed by atoms with Crippen LogP contribution in [0.25, 0.3) is 11.0 Å². The number of carbonyl (C=O) groups is 1. The number of likely N-dealkylation sites (tertiary alicyclic amines) is 1. The number of fused-ring (bicyclic) bond motifs is 1. The van der Waals surface area contributed by atoms with Gasteiger partial charge in [-0.3, -0.25) is 4.79 Å². The predicted molar refractivity (Wildman–Crippen MR) is 81.1 cm³/mol. The summed E-state index contributed by atoms with van der Waals surface area (Å²) in [6.07, 6.45) is 2.26. The number of amides is 1. The van der Waals surface area contributed by atoms with Gasteiger partial charge in [-0.1, -0.05) is 5.21 Å². The average Bonchev–Trinajstić information content (AvgIpc) is 2.88. The standard InChI is InChI=1S/C15H21N5O/c1-16-9-11-4-3-7-20(10-11)15(21)12-5-6-14-13(8-12)17-18-19(14)2/h5-6,8,11,16H,3-4,7,9-10H2,1-2H3. The Bertz CT molecular complexity index is 649. The van der Waals surface area contributed by atoms with Crippen molar-refractivity contribution >= 4 is 16.9 Å². The molecule has 1 aliphatic heterocycles. The Morgan fingerprint density at radius 2 is 2.33 bits per heavy atom. The second-order valence-corrected chi connectivity index (χ2v) is 5.73. The second-order valence-electron chi connectivity index (χ2n) is 5.73. The van der Waals surface area contributed by atoms with E-state index in [0.29, 0.717) is 11.5 Å². The third-order valence-electron chi connectivity index (χ3n) is 4.16. The number of nitrogens with one attached hydrogen (secondary N) is 1. The molecule has 6 nitrogen and oxygen atoms in total. The Hall–Kier alpha value is -1.95. The molecule has 1 aromatic heterocycles. The monoisotopic (exact) mass is 287 g/mol. The third-order valence-corrected chi connectivity index (χ3v) is 4.16. The molecule has 1 N–H and O–H groups in total. The Labute approximate surface area is 124 Å². The van der Waals surface area contributed by atoms with E-state index in [1.807, 2.05) is 37.2 Å². The van der Waals surface area contributed by atoms with Crippen molar-refractivity contribution in [2.45, 2.75) is 12.8 Å². The van der Waals surface area contributed by atoms with Crippen molar-refractivity contribution in [1.29, 1.82) is 0 Å². The highest BCUT2D eigenvalue weighted by Crippen LogP contribution is 2.20. The maximum absolute atomic E-state index is 12.7. The quantitative estimate of drug-likeness (QED) is 0.916. The SMILES string of the molecule is CNCC1CCCN(C(=O)c2ccc3c(c2)nnn3C)C1. The van der Waals surface area contributed by atoms with Crippen LogP contribution < -0.4 is 5.32 Å². The molecule has 1 unspecified atom stereocenters. The first-order valence-corrected chi connectivity index (χ1v) is 7.42. The molecule has 2 aromatic rings. The number of piperidine rings is 1. The first-order chi connectivity index (χ1) is 10.2. The average molecular weight is 287 g/mol. The molecule has 0 aliphatic carbocycles. The Morgan fingerprint density at radius 3 is 3.14 bits per heavy atom. The molecule has 0 spiro atoms. The molecular weight excluding hydrogens is 266 g/mol. The van der Waals surface area contributed by atoms with E-state index in [-0.39, 0.29) is 5.91 Å². The van der Waals surface area contributed by atoms with Crippen LogP contribution in [0.3, 0.4) is 0 Å². The van der Waals surface area contributed by atoms with E-state index in [2.05, 4.69) is 15.6 Å². The smallest absolute Gasteiger partial charge is 0.253 e. The number of aryl methyl sites for hydroxylation is 1. The molecule has 0 saturated carbocycles. The molecular formula is C15H21N5O. The molecule has 0 bridgehead atoms. The normalized spacial score (nSPS) is 19.1. The molecule has 6 heteroatoms. The zero-order valence-electron chi connectivity index (χ0n) is 12.5. The summed E-state index contributed by atoms with van der Waals surface area (Å²) in [5.74, 6) is 0.649. The third kappa shape index (κ3) is 2.76. The fourth-order valence-electron chi connectivity index (χ4n) is 3.06. The van der Waals surface area contributed by atoms with Gasteiger partial charge in [0.2, 0.25) is 0 Å². The fraction of sp³-hybridized carbons (Fsp3) is 0.533. The van der Waals surface area contributed by atoms with Gasteiger partial charge in [-0.2, -0.15) is 0 Å². The number of benzene rings is 1. The van der Waals surface area contributed by atoms with Gasteiger partial charge in [-0.15, -0.1) is 5.10 Å². The van der Waals surface area contributed by atoms with E-state index in [0.717, 1.165) is 37.1 Å². The number of carbonyl (C=O) groups excluding carboxylic acids is 1. The van der Waals surface area contributed by atoms with Gasteiger partial charge in [0.05, 0.1) is 5.52 Å². The van der Waals surface area contributed by atoms with Crippen molar-refractivity contribution in [2.75, 3.05) is 26.7 Å². The molecule has 1 amide bonds. The van der Waals surface area contributed by atoms with Gasteiger partial charge in [0.15, 0.2) is 0 Å². The van der Waals surface area contributed by atoms with Gasteiger partial charge in [-0.05, 0) is 50.6 Å². The Morgan fingerprint density at radius 1 is 1.48 bits per heavy atom. The van der Waals surface area contributed by atoms with E-state index in [9.17, 15) is 4.79 Å². The van der Waals surface area contributed by atoms with Crippen LogP contribution in [0.15, 0.2) is 18.2 Å². The van der Waals surface area contributed by atoms with Gasteiger partial charge >= 0.3 is 0 Å². The van der Waals surface area contributed by atoms with Crippen LogP contribution in [0.1, 0.15) is 23.2 Å². The minimum absolute atomic E-state index is 0.100. The Balaban J connectivity index is 1.79. The molecule has 21 heavy (non-hydrogen) atoms. The summed E-state index contributed by atoms with van der Waals surface area (Å²) < 4.78 is 1.72. The minimum atomic E-state index is 0.100. The summed E-state index contributed by atoms with van der Waals surface area (Å²) in [5.41, 5.74) is 2.42. The number of hydrogen-bond acceptors (Lipinski definition) is 4. The van der Waals surface area contributed by atoms with Crippen molar-refractivity contribution in [1.82, 2.24) is 25.2 Å². The zero-order chi connectivity index (χ0) is 14.8. The minimum Gasteiger partial charge on any atom is -0.338 e. The van der Waals surface area contributed by atoms with Gasteiger partial charge < -0.3 is 10.2 Å². The lowest BCUT2D eigenvalue weighted by atomic mass is 9.97. The van der Waals surface area contributed by atoms with E-state index in [1.165, 1.54) is 6.42 Å². The number of rotatable bonds is 3. The van der Waals surface area contributed by atoms with Crippen LogP contribution in [0.2, 0.25) is 0 Å². The van der Waals surface area contributed by atoms with Crippen LogP contribution in [0, 0.1) is 5.92 Å². The van der Waals surface area contributed by atoms with E-state index in [4.69, 9.17) is 0 Å². The van der Waals surface area contributed by atoms with Crippen LogP contribution in [0.4, 0.5) is 0 Å². The lowest BCUT2D eigenvalue weighted by Crippen LogP contribution is -2.42. The molecule has 1 saturated heterocycles. The molecule has 1 fully saturated rings. The maximum Gasteiger partial charge on any atom is 0.253 e. The van der Waals surface area contributed by atoms with Crippen LogP contribution in [-0.4, -0.2) is 52.5 Å². The van der Waals surface area contributed by atoms with Crippen molar-refractivity contribution in [3.05, 3.63) is 23.8 Å². The zero-order valence-corrected chi connectivity index (χ0v) is 12.5. The van der Waals surface area contributed by atoms with Crippen molar-refractivity contribution in [2.24, 2.45) is 13.0 Å². The number of nitrogens with zero attached hydrogens (tertiary/aromatic N) is 4. The molecule has 1 atom stereocenters. The van der Waals surface area contributed by atoms with Crippen LogP contribution in [-0.2, 0) is 7.05 Å². The van der Waals surface area contributed by atoms with Gasteiger partial charge in [0, 0.05) is 25.7 Å². The van der Waals surface area contributed by atoms with E-state index < -0.39 is 0 Å². The molecule has 2 heterocycles. The van der Waals surface area contributed by atoms with Crippen molar-refractivity contribution in [3.63, 3.8) is 0 Å². The maximum atomic E-state index is 12.7. The van der Waals surface area contributed by atoms with Gasteiger partial charge in [0.25, 0.3) is 5.91 Å². The van der Waals surface area contributed by atoms with Gasteiger partial charge in [-0.25, -0.2) is 4.68 Å².